The first-order chi connectivity index (χ1) is 12.3. The van der Waals surface area contributed by atoms with E-state index in [-0.39, 0.29) is 12.7 Å². The van der Waals surface area contributed by atoms with Gasteiger partial charge in [-0.05, 0) is 36.6 Å². The van der Waals surface area contributed by atoms with E-state index in [1.807, 2.05) is 29.1 Å². The number of carbonyl (C=O) groups is 1. The lowest BCUT2D eigenvalue weighted by Crippen LogP contribution is -2.19. The Morgan fingerprint density at radius 2 is 2.08 bits per heavy atom. The number of amides is 1. The van der Waals surface area contributed by atoms with Crippen molar-refractivity contribution < 1.29 is 19.0 Å². The number of rotatable bonds is 4. The maximum Gasteiger partial charge on any atom is 0.248 e. The van der Waals surface area contributed by atoms with Crippen LogP contribution in [0.1, 0.15) is 24.4 Å². The average molecular weight is 341 g/mol. The minimum Gasteiger partial charge on any atom is -0.454 e. The lowest BCUT2D eigenvalue weighted by atomic mass is 10.1. The molecule has 0 saturated carbocycles. The molecule has 1 aromatic heterocycles. The van der Waals surface area contributed by atoms with Crippen LogP contribution in [0, 0.1) is 0 Å². The second kappa shape index (κ2) is 6.98. The van der Waals surface area contributed by atoms with Gasteiger partial charge >= 0.3 is 0 Å². The molecule has 0 unspecified atom stereocenters. The fraction of sp³-hybridized carbons (Fsp3) is 0.333. The van der Waals surface area contributed by atoms with Gasteiger partial charge in [0.25, 0.3) is 0 Å². The molecule has 7 nitrogen and oxygen atoms in total. The molecular weight excluding hydrogens is 322 g/mol. The van der Waals surface area contributed by atoms with Gasteiger partial charge in [-0.1, -0.05) is 6.07 Å². The highest BCUT2D eigenvalue weighted by Crippen LogP contribution is 2.32. The second-order valence-electron chi connectivity index (χ2n) is 5.99. The number of ether oxygens (including phenoxy) is 3. The molecule has 0 aliphatic carbocycles. The summed E-state index contributed by atoms with van der Waals surface area (Å²) in [7, 11) is 0. The highest BCUT2D eigenvalue weighted by molar-refractivity contribution is 6.01. The van der Waals surface area contributed by atoms with Crippen molar-refractivity contribution in [1.82, 2.24) is 9.78 Å². The molecule has 0 radical (unpaired) electrons. The zero-order valence-corrected chi connectivity index (χ0v) is 13.7. The number of aromatic nitrogens is 2. The van der Waals surface area contributed by atoms with Gasteiger partial charge in [-0.2, -0.15) is 5.10 Å². The van der Waals surface area contributed by atoms with E-state index in [4.69, 9.17) is 14.2 Å². The average Bonchev–Trinajstić information content (AvgIpc) is 3.29. The third-order valence-electron chi connectivity index (χ3n) is 4.26. The van der Waals surface area contributed by atoms with E-state index in [9.17, 15) is 4.79 Å². The standard InChI is InChI=1S/C18H19N3O4/c22-18(4-2-13-1-3-16-17(9-13)25-12-24-16)20-14-10-19-21(11-14)15-5-7-23-8-6-15/h1-4,9-11,15H,5-8,12H2,(H,20,22). The van der Waals surface area contributed by atoms with Crippen LogP contribution in [0.4, 0.5) is 5.69 Å². The van der Waals surface area contributed by atoms with Gasteiger partial charge in [0.1, 0.15) is 0 Å². The largest absolute Gasteiger partial charge is 0.454 e. The van der Waals surface area contributed by atoms with Crippen molar-refractivity contribution in [3.05, 3.63) is 42.2 Å². The van der Waals surface area contributed by atoms with Crippen LogP contribution in [0.3, 0.4) is 0 Å². The number of anilines is 1. The van der Waals surface area contributed by atoms with Crippen LogP contribution in [0.2, 0.25) is 0 Å². The number of nitrogens with one attached hydrogen (secondary N) is 1. The molecule has 7 heteroatoms. The summed E-state index contributed by atoms with van der Waals surface area (Å²) in [5.74, 6) is 1.21. The number of carbonyl (C=O) groups excluding carboxylic acids is 1. The molecule has 1 aromatic carbocycles. The van der Waals surface area contributed by atoms with Gasteiger partial charge in [0.15, 0.2) is 11.5 Å². The molecule has 1 amide bonds. The summed E-state index contributed by atoms with van der Waals surface area (Å²) in [5, 5.41) is 7.17. The van der Waals surface area contributed by atoms with Gasteiger partial charge < -0.3 is 19.5 Å². The second-order valence-corrected chi connectivity index (χ2v) is 5.99. The van der Waals surface area contributed by atoms with Crippen molar-refractivity contribution in [1.29, 1.82) is 0 Å². The lowest BCUT2D eigenvalue weighted by Gasteiger charge is -2.22. The summed E-state index contributed by atoms with van der Waals surface area (Å²) >= 11 is 0. The van der Waals surface area contributed by atoms with E-state index >= 15 is 0 Å². The lowest BCUT2D eigenvalue weighted by molar-refractivity contribution is -0.111. The molecule has 2 aromatic rings. The van der Waals surface area contributed by atoms with Crippen molar-refractivity contribution in [3.63, 3.8) is 0 Å². The van der Waals surface area contributed by atoms with E-state index in [0.29, 0.717) is 17.5 Å². The quantitative estimate of drug-likeness (QED) is 0.865. The first kappa shape index (κ1) is 15.7. The first-order valence-electron chi connectivity index (χ1n) is 8.28. The zero-order valence-electron chi connectivity index (χ0n) is 13.7. The maximum absolute atomic E-state index is 12.1. The van der Waals surface area contributed by atoms with Crippen molar-refractivity contribution in [2.45, 2.75) is 18.9 Å². The molecule has 1 fully saturated rings. The van der Waals surface area contributed by atoms with E-state index in [2.05, 4.69) is 10.4 Å². The molecule has 2 aliphatic rings. The smallest absolute Gasteiger partial charge is 0.248 e. The summed E-state index contributed by atoms with van der Waals surface area (Å²) in [6, 6.07) is 5.89. The predicted octanol–water partition coefficient (Wildman–Crippen LogP) is 2.62. The Balaban J connectivity index is 1.36. The minimum absolute atomic E-state index is 0.204. The third kappa shape index (κ3) is 3.66. The molecule has 4 rings (SSSR count). The SMILES string of the molecule is O=C(C=Cc1ccc2c(c1)OCO2)Nc1cnn(C2CCOCC2)c1. The molecule has 1 saturated heterocycles. The summed E-state index contributed by atoms with van der Waals surface area (Å²) in [6.45, 7) is 1.75. The van der Waals surface area contributed by atoms with Gasteiger partial charge in [-0.15, -0.1) is 0 Å². The molecule has 130 valence electrons. The summed E-state index contributed by atoms with van der Waals surface area (Å²) in [5.41, 5.74) is 1.56. The summed E-state index contributed by atoms with van der Waals surface area (Å²) < 4.78 is 17.9. The fourth-order valence-corrected chi connectivity index (χ4v) is 2.92. The van der Waals surface area contributed by atoms with Gasteiger partial charge in [-0.3, -0.25) is 9.48 Å². The van der Waals surface area contributed by atoms with Gasteiger partial charge in [0.05, 0.1) is 17.9 Å². The number of fused-ring (bicyclic) bond motifs is 1. The Morgan fingerprint density at radius 1 is 1.24 bits per heavy atom. The van der Waals surface area contributed by atoms with Crippen LogP contribution < -0.4 is 14.8 Å². The topological polar surface area (TPSA) is 74.6 Å². The van der Waals surface area contributed by atoms with Crippen molar-refractivity contribution in [2.75, 3.05) is 25.3 Å². The van der Waals surface area contributed by atoms with Crippen molar-refractivity contribution in [3.8, 4) is 11.5 Å². The zero-order chi connectivity index (χ0) is 17.1. The molecule has 0 spiro atoms. The number of benzene rings is 1. The van der Waals surface area contributed by atoms with Crippen LogP contribution in [-0.2, 0) is 9.53 Å². The summed E-state index contributed by atoms with van der Waals surface area (Å²) in [4.78, 5) is 12.1. The van der Waals surface area contributed by atoms with E-state index in [1.165, 1.54) is 6.08 Å². The third-order valence-corrected chi connectivity index (χ3v) is 4.26. The molecule has 0 atom stereocenters. The number of hydrogen-bond donors (Lipinski definition) is 1. The van der Waals surface area contributed by atoms with E-state index in [1.54, 1.807) is 12.3 Å². The number of nitrogens with zero attached hydrogens (tertiary/aromatic N) is 2. The summed E-state index contributed by atoms with van der Waals surface area (Å²) in [6.07, 6.45) is 8.64. The van der Waals surface area contributed by atoms with Gasteiger partial charge in [0, 0.05) is 25.5 Å². The Labute approximate surface area is 145 Å². The van der Waals surface area contributed by atoms with Gasteiger partial charge in [0.2, 0.25) is 12.7 Å². The molecule has 25 heavy (non-hydrogen) atoms. The Kier molecular flexibility index (Phi) is 4.39. The molecular formula is C18H19N3O4. The predicted molar refractivity (Wildman–Crippen MR) is 91.5 cm³/mol. The van der Waals surface area contributed by atoms with Crippen LogP contribution in [-0.4, -0.2) is 35.7 Å². The monoisotopic (exact) mass is 341 g/mol. The van der Waals surface area contributed by atoms with Gasteiger partial charge in [-0.25, -0.2) is 0 Å². The first-order valence-corrected chi connectivity index (χ1v) is 8.28. The normalized spacial score (nSPS) is 17.1. The molecule has 3 heterocycles. The highest BCUT2D eigenvalue weighted by Gasteiger charge is 2.16. The Bertz CT molecular complexity index is 793. The van der Waals surface area contributed by atoms with Crippen LogP contribution in [0.25, 0.3) is 6.08 Å². The van der Waals surface area contributed by atoms with Crippen molar-refractivity contribution >= 4 is 17.7 Å². The Hall–Kier alpha value is -2.80. The van der Waals surface area contributed by atoms with E-state index < -0.39 is 0 Å². The van der Waals surface area contributed by atoms with Crippen LogP contribution >= 0.6 is 0 Å². The Morgan fingerprint density at radius 3 is 2.96 bits per heavy atom. The molecule has 1 N–H and O–H groups in total. The molecule has 2 aliphatic heterocycles. The minimum atomic E-state index is -0.204. The van der Waals surface area contributed by atoms with Crippen LogP contribution in [0.15, 0.2) is 36.7 Å². The number of hydrogen-bond acceptors (Lipinski definition) is 5. The van der Waals surface area contributed by atoms with Crippen LogP contribution in [0.5, 0.6) is 11.5 Å². The van der Waals surface area contributed by atoms with E-state index in [0.717, 1.165) is 37.4 Å². The molecule has 0 bridgehead atoms. The fourth-order valence-electron chi connectivity index (χ4n) is 2.92. The van der Waals surface area contributed by atoms with Crippen molar-refractivity contribution in [2.24, 2.45) is 0 Å². The highest BCUT2D eigenvalue weighted by atomic mass is 16.7. The maximum atomic E-state index is 12.1.